The minimum atomic E-state index is -0.717. The lowest BCUT2D eigenvalue weighted by molar-refractivity contribution is -0.398. The van der Waals surface area contributed by atoms with Gasteiger partial charge in [-0.3, -0.25) is 10.1 Å². The summed E-state index contributed by atoms with van der Waals surface area (Å²) in [7, 11) is 1.32. The fourth-order valence-corrected chi connectivity index (χ4v) is 4.40. The van der Waals surface area contributed by atoms with E-state index >= 15 is 0 Å². The number of hydrogen-bond donors (Lipinski definition) is 0. The molecule has 1 atom stereocenters. The third kappa shape index (κ3) is 3.32. The number of carbonyl (C=O) groups excluding carboxylic acids is 1. The highest BCUT2D eigenvalue weighted by Crippen LogP contribution is 2.41. The van der Waals surface area contributed by atoms with E-state index in [1.165, 1.54) is 36.8 Å². The van der Waals surface area contributed by atoms with Gasteiger partial charge in [-0.1, -0.05) is 19.1 Å². The van der Waals surface area contributed by atoms with E-state index in [-0.39, 0.29) is 5.56 Å². The van der Waals surface area contributed by atoms with Gasteiger partial charge < -0.3 is 9.84 Å². The first-order valence-corrected chi connectivity index (χ1v) is 8.95. The number of aliphatic imine (C=N–C) groups is 1. The van der Waals surface area contributed by atoms with Crippen LogP contribution in [0.2, 0.25) is 0 Å². The number of nitro benzene ring substituents is 1. The zero-order valence-electron chi connectivity index (χ0n) is 14.4. The summed E-state index contributed by atoms with van der Waals surface area (Å²) in [5.74, 6) is -0.616. The number of rotatable bonds is 4. The fraction of sp³-hybridized carbons (Fsp3) is 0.333. The highest BCUT2D eigenvalue weighted by Gasteiger charge is 2.27. The van der Waals surface area contributed by atoms with Gasteiger partial charge in [0.25, 0.3) is 5.69 Å². The number of nitro groups is 1. The molecule has 1 aromatic carbocycles. The van der Waals surface area contributed by atoms with Gasteiger partial charge in [0.05, 0.1) is 17.6 Å². The second-order valence-electron chi connectivity index (χ2n) is 6.23. The number of carbonyl (C=O) groups is 1. The zero-order chi connectivity index (χ0) is 18.8. The highest BCUT2D eigenvalue weighted by molar-refractivity contribution is 7.16. The van der Waals surface area contributed by atoms with Crippen LogP contribution < -0.4 is 5.11 Å². The molecular weight excluding hydrogens is 356 g/mol. The Balaban J connectivity index is 2.03. The molecule has 136 valence electrons. The lowest BCUT2D eigenvalue weighted by Gasteiger charge is -2.18. The van der Waals surface area contributed by atoms with E-state index in [9.17, 15) is 20.0 Å². The summed E-state index contributed by atoms with van der Waals surface area (Å²) in [6.45, 7) is 2.16. The molecule has 7 nitrogen and oxygen atoms in total. The zero-order valence-corrected chi connectivity index (χ0v) is 15.2. The van der Waals surface area contributed by atoms with Crippen molar-refractivity contribution in [3.05, 3.63) is 49.9 Å². The van der Waals surface area contributed by atoms with Crippen molar-refractivity contribution in [3.8, 4) is 5.75 Å². The maximum atomic E-state index is 12.2. The van der Waals surface area contributed by atoms with Gasteiger partial charge >= 0.3 is 5.97 Å². The molecule has 0 saturated carbocycles. The van der Waals surface area contributed by atoms with E-state index in [1.807, 2.05) is 0 Å². The quantitative estimate of drug-likeness (QED) is 0.353. The Hall–Kier alpha value is -2.74. The Labute approximate surface area is 154 Å². The van der Waals surface area contributed by atoms with E-state index in [1.54, 1.807) is 0 Å². The second kappa shape index (κ2) is 7.25. The Morgan fingerprint density at radius 1 is 1.46 bits per heavy atom. The standard InChI is InChI=1S/C18H18N2O5S/c1-10-6-7-12-14(8-10)26-17(15(12)18(22)25-2)19-9-11-4-3-5-13(16(11)21)20(23)24/h3-5,9-10,21H,6-8H2,1-2H3/p-1/t10-/m1/s1. The van der Waals surface area contributed by atoms with Gasteiger partial charge in [0, 0.05) is 17.2 Å². The summed E-state index contributed by atoms with van der Waals surface area (Å²) in [4.78, 5) is 27.8. The topological polar surface area (TPSA) is 105 Å². The maximum Gasteiger partial charge on any atom is 0.341 e. The molecule has 2 aromatic rings. The monoisotopic (exact) mass is 373 g/mol. The molecule has 0 amide bonds. The first-order chi connectivity index (χ1) is 12.4. The van der Waals surface area contributed by atoms with Crippen LogP contribution in [0, 0.1) is 16.0 Å². The maximum absolute atomic E-state index is 12.2. The minimum absolute atomic E-state index is 0.106. The number of hydrogen-bond acceptors (Lipinski definition) is 7. The second-order valence-corrected chi connectivity index (χ2v) is 7.32. The predicted molar refractivity (Wildman–Crippen MR) is 96.6 cm³/mol. The average Bonchev–Trinajstić information content (AvgIpc) is 2.97. The van der Waals surface area contributed by atoms with Crippen LogP contribution in [-0.2, 0) is 17.6 Å². The summed E-state index contributed by atoms with van der Waals surface area (Å²) < 4.78 is 4.90. The van der Waals surface area contributed by atoms with Gasteiger partial charge in [0.2, 0.25) is 0 Å². The van der Waals surface area contributed by atoms with Crippen molar-refractivity contribution in [3.63, 3.8) is 0 Å². The number of esters is 1. The van der Waals surface area contributed by atoms with Crippen LogP contribution in [0.4, 0.5) is 10.7 Å². The van der Waals surface area contributed by atoms with Crippen LogP contribution >= 0.6 is 11.3 Å². The molecule has 0 bridgehead atoms. The number of nitrogens with zero attached hydrogens (tertiary/aromatic N) is 2. The van der Waals surface area contributed by atoms with Crippen molar-refractivity contribution >= 4 is 34.2 Å². The van der Waals surface area contributed by atoms with E-state index < -0.39 is 22.3 Å². The summed E-state index contributed by atoms with van der Waals surface area (Å²) in [6, 6.07) is 4.06. The summed E-state index contributed by atoms with van der Waals surface area (Å²) in [5.41, 5.74) is 1.01. The van der Waals surface area contributed by atoms with E-state index in [4.69, 9.17) is 4.74 Å². The number of benzene rings is 1. The Kier molecular flexibility index (Phi) is 5.03. The SMILES string of the molecule is COC(=O)c1c(N=Cc2cccc([N+](=O)[O-])c2[O-])sc2c1CC[C@@H](C)C2. The van der Waals surface area contributed by atoms with Crippen LogP contribution in [0.25, 0.3) is 0 Å². The van der Waals surface area contributed by atoms with Crippen LogP contribution in [0.3, 0.4) is 0 Å². The Bertz CT molecular complexity index is 903. The minimum Gasteiger partial charge on any atom is -0.867 e. The van der Waals surface area contributed by atoms with Gasteiger partial charge in [-0.15, -0.1) is 11.3 Å². The summed E-state index contributed by atoms with van der Waals surface area (Å²) in [6.07, 6.45) is 3.94. The van der Waals surface area contributed by atoms with Crippen molar-refractivity contribution < 1.29 is 19.6 Å². The number of para-hydroxylation sites is 1. The van der Waals surface area contributed by atoms with Gasteiger partial charge in [-0.2, -0.15) is 0 Å². The van der Waals surface area contributed by atoms with Gasteiger partial charge in [-0.25, -0.2) is 9.79 Å². The van der Waals surface area contributed by atoms with Gasteiger partial charge in [0.1, 0.15) is 5.00 Å². The van der Waals surface area contributed by atoms with Crippen LogP contribution in [0.15, 0.2) is 23.2 Å². The molecule has 1 aromatic heterocycles. The van der Waals surface area contributed by atoms with Crippen molar-refractivity contribution in [2.24, 2.45) is 10.9 Å². The third-order valence-corrected chi connectivity index (χ3v) is 5.59. The molecule has 0 fully saturated rings. The fourth-order valence-electron chi connectivity index (χ4n) is 3.06. The molecule has 0 unspecified atom stereocenters. The average molecular weight is 373 g/mol. The number of thiophene rings is 1. The van der Waals surface area contributed by atoms with Gasteiger partial charge in [0.15, 0.2) is 0 Å². The summed E-state index contributed by atoms with van der Waals surface area (Å²) >= 11 is 1.41. The Morgan fingerprint density at radius 2 is 2.23 bits per heavy atom. The normalized spacial score (nSPS) is 16.5. The van der Waals surface area contributed by atoms with E-state index in [0.717, 1.165) is 35.8 Å². The molecule has 0 aliphatic heterocycles. The predicted octanol–water partition coefficient (Wildman–Crippen LogP) is 3.39. The lowest BCUT2D eigenvalue weighted by atomic mass is 9.88. The number of fused-ring (bicyclic) bond motifs is 1. The molecule has 0 spiro atoms. The smallest absolute Gasteiger partial charge is 0.341 e. The molecular formula is C18H17N2O5S-. The van der Waals surface area contributed by atoms with Gasteiger partial charge in [-0.05, 0) is 42.1 Å². The largest absolute Gasteiger partial charge is 0.867 e. The first-order valence-electron chi connectivity index (χ1n) is 8.13. The van der Waals surface area contributed by atoms with E-state index in [0.29, 0.717) is 16.5 Å². The molecule has 8 heteroatoms. The van der Waals surface area contributed by atoms with Crippen LogP contribution in [-0.4, -0.2) is 24.2 Å². The van der Waals surface area contributed by atoms with Crippen LogP contribution in [0.5, 0.6) is 5.75 Å². The third-order valence-electron chi connectivity index (χ3n) is 4.42. The van der Waals surface area contributed by atoms with Crippen molar-refractivity contribution in [2.75, 3.05) is 7.11 Å². The molecule has 1 aliphatic rings. The molecule has 26 heavy (non-hydrogen) atoms. The van der Waals surface area contributed by atoms with Crippen molar-refractivity contribution in [2.45, 2.75) is 26.2 Å². The van der Waals surface area contributed by atoms with Crippen LogP contribution in [0.1, 0.15) is 39.7 Å². The number of methoxy groups -OCH3 is 1. The molecule has 0 saturated heterocycles. The molecule has 1 heterocycles. The molecule has 1 aliphatic carbocycles. The van der Waals surface area contributed by atoms with Crippen molar-refractivity contribution in [1.29, 1.82) is 0 Å². The molecule has 0 N–H and O–H groups in total. The summed E-state index contributed by atoms with van der Waals surface area (Å²) in [5, 5.41) is 23.5. The number of ether oxygens (including phenoxy) is 1. The lowest BCUT2D eigenvalue weighted by Crippen LogP contribution is -2.12. The van der Waals surface area contributed by atoms with E-state index in [2.05, 4.69) is 11.9 Å². The first kappa shape index (κ1) is 18.1. The highest BCUT2D eigenvalue weighted by atomic mass is 32.1. The van der Waals surface area contributed by atoms with Crippen molar-refractivity contribution in [1.82, 2.24) is 0 Å². The Morgan fingerprint density at radius 3 is 2.92 bits per heavy atom. The molecule has 0 radical (unpaired) electrons. The molecule has 3 rings (SSSR count).